The van der Waals surface area contributed by atoms with Crippen molar-refractivity contribution in [3.63, 3.8) is 0 Å². The van der Waals surface area contributed by atoms with Gasteiger partial charge >= 0.3 is 0 Å². The van der Waals surface area contributed by atoms with E-state index in [4.69, 9.17) is 10.5 Å². The first kappa shape index (κ1) is 8.87. The molecule has 14 heavy (non-hydrogen) atoms. The number of carbonyl (C=O) groups excluding carboxylic acids is 1. The monoisotopic (exact) mass is 192 g/mol. The molecular formula is C10H12N2O2. The van der Waals surface area contributed by atoms with Crippen molar-refractivity contribution in [3.8, 4) is 5.75 Å². The van der Waals surface area contributed by atoms with Gasteiger partial charge < -0.3 is 15.8 Å². The van der Waals surface area contributed by atoms with Crippen LogP contribution < -0.4 is 15.8 Å². The van der Waals surface area contributed by atoms with E-state index in [9.17, 15) is 4.79 Å². The average Bonchev–Trinajstić information content (AvgIpc) is 2.28. The summed E-state index contributed by atoms with van der Waals surface area (Å²) in [5.41, 5.74) is 6.73. The molecule has 1 heterocycles. The SMILES string of the molecule is CC1COc2c(N)cccc2C(=O)N1. The van der Waals surface area contributed by atoms with Crippen LogP contribution in [0.15, 0.2) is 18.2 Å². The van der Waals surface area contributed by atoms with Gasteiger partial charge in [-0.25, -0.2) is 0 Å². The lowest BCUT2D eigenvalue weighted by Crippen LogP contribution is -2.33. The van der Waals surface area contributed by atoms with E-state index in [0.29, 0.717) is 23.6 Å². The lowest BCUT2D eigenvalue weighted by molar-refractivity contribution is 0.0942. The average molecular weight is 192 g/mol. The minimum atomic E-state index is -0.127. The van der Waals surface area contributed by atoms with Crippen LogP contribution in [0.25, 0.3) is 0 Å². The highest BCUT2D eigenvalue weighted by Gasteiger charge is 2.21. The molecule has 0 aliphatic carbocycles. The van der Waals surface area contributed by atoms with Crippen molar-refractivity contribution >= 4 is 11.6 Å². The summed E-state index contributed by atoms with van der Waals surface area (Å²) in [7, 11) is 0. The Kier molecular flexibility index (Phi) is 2.04. The Morgan fingerprint density at radius 3 is 3.14 bits per heavy atom. The number of amides is 1. The molecule has 4 nitrogen and oxygen atoms in total. The lowest BCUT2D eigenvalue weighted by Gasteiger charge is -2.08. The Hall–Kier alpha value is -1.71. The van der Waals surface area contributed by atoms with Gasteiger partial charge in [0.25, 0.3) is 5.91 Å². The smallest absolute Gasteiger partial charge is 0.255 e. The van der Waals surface area contributed by atoms with Crippen LogP contribution in [0.5, 0.6) is 5.75 Å². The number of hydrogen-bond donors (Lipinski definition) is 2. The van der Waals surface area contributed by atoms with Crippen molar-refractivity contribution in [1.82, 2.24) is 5.32 Å². The van der Waals surface area contributed by atoms with Gasteiger partial charge in [-0.1, -0.05) is 6.07 Å². The molecule has 74 valence electrons. The van der Waals surface area contributed by atoms with Crippen LogP contribution in [0.3, 0.4) is 0 Å². The summed E-state index contributed by atoms with van der Waals surface area (Å²) in [4.78, 5) is 11.6. The normalized spacial score (nSPS) is 20.4. The molecule has 1 amide bonds. The summed E-state index contributed by atoms with van der Waals surface area (Å²) in [6.45, 7) is 2.34. The summed E-state index contributed by atoms with van der Waals surface area (Å²) in [6.07, 6.45) is 0. The van der Waals surface area contributed by atoms with Crippen LogP contribution in [0.2, 0.25) is 0 Å². The largest absolute Gasteiger partial charge is 0.488 e. The van der Waals surface area contributed by atoms with Crippen molar-refractivity contribution in [1.29, 1.82) is 0 Å². The standard InChI is InChI=1S/C10H12N2O2/c1-6-5-14-9-7(10(13)12-6)3-2-4-8(9)11/h2-4,6H,5,11H2,1H3,(H,12,13). The van der Waals surface area contributed by atoms with Gasteiger partial charge in [0.1, 0.15) is 6.61 Å². The predicted octanol–water partition coefficient (Wildman–Crippen LogP) is 0.780. The van der Waals surface area contributed by atoms with Crippen LogP contribution in [0, 0.1) is 0 Å². The number of rotatable bonds is 0. The quantitative estimate of drug-likeness (QED) is 0.597. The first-order chi connectivity index (χ1) is 6.68. The lowest BCUT2D eigenvalue weighted by atomic mass is 10.1. The fourth-order valence-electron chi connectivity index (χ4n) is 1.45. The Morgan fingerprint density at radius 2 is 2.36 bits per heavy atom. The highest BCUT2D eigenvalue weighted by molar-refractivity contribution is 5.99. The third-order valence-corrected chi connectivity index (χ3v) is 2.15. The molecule has 1 unspecified atom stereocenters. The Labute approximate surface area is 82.1 Å². The number of ether oxygens (including phenoxy) is 1. The first-order valence-corrected chi connectivity index (χ1v) is 4.50. The minimum Gasteiger partial charge on any atom is -0.488 e. The number of para-hydroxylation sites is 1. The third-order valence-electron chi connectivity index (χ3n) is 2.15. The van der Waals surface area contributed by atoms with E-state index in [0.717, 1.165) is 0 Å². The molecule has 1 aliphatic heterocycles. The van der Waals surface area contributed by atoms with Gasteiger partial charge in [0.2, 0.25) is 0 Å². The maximum Gasteiger partial charge on any atom is 0.255 e. The van der Waals surface area contributed by atoms with E-state index >= 15 is 0 Å². The zero-order chi connectivity index (χ0) is 10.1. The minimum absolute atomic E-state index is 0.00861. The van der Waals surface area contributed by atoms with E-state index < -0.39 is 0 Å². The molecule has 2 rings (SSSR count). The molecule has 1 aromatic carbocycles. The molecule has 1 atom stereocenters. The fraction of sp³-hybridized carbons (Fsp3) is 0.300. The summed E-state index contributed by atoms with van der Waals surface area (Å²) < 4.78 is 5.45. The fourth-order valence-corrected chi connectivity index (χ4v) is 1.45. The molecule has 1 aromatic rings. The molecule has 0 saturated heterocycles. The zero-order valence-corrected chi connectivity index (χ0v) is 7.91. The molecule has 0 aromatic heterocycles. The van der Waals surface area contributed by atoms with Gasteiger partial charge in [0, 0.05) is 0 Å². The van der Waals surface area contributed by atoms with Crippen molar-refractivity contribution in [2.75, 3.05) is 12.3 Å². The molecule has 0 fully saturated rings. The zero-order valence-electron chi connectivity index (χ0n) is 7.91. The molecule has 0 radical (unpaired) electrons. The van der Waals surface area contributed by atoms with Crippen LogP contribution in [-0.2, 0) is 0 Å². The molecule has 0 bridgehead atoms. The second kappa shape index (κ2) is 3.21. The number of anilines is 1. The highest BCUT2D eigenvalue weighted by Crippen LogP contribution is 2.27. The van der Waals surface area contributed by atoms with E-state index in [2.05, 4.69) is 5.32 Å². The van der Waals surface area contributed by atoms with Crippen LogP contribution >= 0.6 is 0 Å². The first-order valence-electron chi connectivity index (χ1n) is 4.50. The van der Waals surface area contributed by atoms with E-state index in [1.807, 2.05) is 6.92 Å². The number of nitrogen functional groups attached to an aromatic ring is 1. The van der Waals surface area contributed by atoms with Crippen LogP contribution in [0.4, 0.5) is 5.69 Å². The number of nitrogens with one attached hydrogen (secondary N) is 1. The van der Waals surface area contributed by atoms with E-state index in [1.54, 1.807) is 18.2 Å². The molecular weight excluding hydrogens is 180 g/mol. The second-order valence-electron chi connectivity index (χ2n) is 3.41. The number of fused-ring (bicyclic) bond motifs is 1. The molecule has 4 heteroatoms. The third kappa shape index (κ3) is 1.39. The number of nitrogens with two attached hydrogens (primary N) is 1. The Bertz CT molecular complexity index is 376. The van der Waals surface area contributed by atoms with Gasteiger partial charge in [-0.05, 0) is 19.1 Å². The van der Waals surface area contributed by atoms with Crippen LogP contribution in [0.1, 0.15) is 17.3 Å². The van der Waals surface area contributed by atoms with Gasteiger partial charge in [-0.2, -0.15) is 0 Å². The Morgan fingerprint density at radius 1 is 1.57 bits per heavy atom. The number of carbonyl (C=O) groups is 1. The van der Waals surface area contributed by atoms with Crippen LogP contribution in [-0.4, -0.2) is 18.6 Å². The van der Waals surface area contributed by atoms with Crippen molar-refractivity contribution < 1.29 is 9.53 Å². The molecule has 0 spiro atoms. The highest BCUT2D eigenvalue weighted by atomic mass is 16.5. The summed E-state index contributed by atoms with van der Waals surface area (Å²) in [5, 5.41) is 2.81. The summed E-state index contributed by atoms with van der Waals surface area (Å²) >= 11 is 0. The summed E-state index contributed by atoms with van der Waals surface area (Å²) in [5.74, 6) is 0.367. The van der Waals surface area contributed by atoms with Gasteiger partial charge in [0.05, 0.1) is 17.3 Å². The molecule has 3 N–H and O–H groups in total. The summed E-state index contributed by atoms with van der Waals surface area (Å²) in [6, 6.07) is 5.18. The van der Waals surface area contributed by atoms with Gasteiger partial charge in [-0.3, -0.25) is 4.79 Å². The van der Waals surface area contributed by atoms with Crippen molar-refractivity contribution in [3.05, 3.63) is 23.8 Å². The van der Waals surface area contributed by atoms with Crippen molar-refractivity contribution in [2.45, 2.75) is 13.0 Å². The predicted molar refractivity (Wildman–Crippen MR) is 53.3 cm³/mol. The number of hydrogen-bond acceptors (Lipinski definition) is 3. The Balaban J connectivity index is 2.48. The molecule has 1 aliphatic rings. The maximum absolute atomic E-state index is 11.6. The van der Waals surface area contributed by atoms with Gasteiger partial charge in [0.15, 0.2) is 5.75 Å². The number of benzene rings is 1. The topological polar surface area (TPSA) is 64.3 Å². The molecule has 0 saturated carbocycles. The maximum atomic E-state index is 11.6. The van der Waals surface area contributed by atoms with E-state index in [1.165, 1.54) is 0 Å². The second-order valence-corrected chi connectivity index (χ2v) is 3.41. The van der Waals surface area contributed by atoms with E-state index in [-0.39, 0.29) is 11.9 Å². The van der Waals surface area contributed by atoms with Gasteiger partial charge in [-0.15, -0.1) is 0 Å². The van der Waals surface area contributed by atoms with Crippen molar-refractivity contribution in [2.24, 2.45) is 0 Å².